The van der Waals surface area contributed by atoms with Gasteiger partial charge in [-0.1, -0.05) is 0 Å². The van der Waals surface area contributed by atoms with E-state index in [-0.39, 0.29) is 18.2 Å². The molecule has 1 saturated heterocycles. The molecule has 1 amide bonds. The number of aliphatic carboxylic acids is 1. The lowest BCUT2D eigenvalue weighted by atomic mass is 9.93. The molecule has 0 spiro atoms. The highest BCUT2D eigenvalue weighted by atomic mass is 16.5. The highest BCUT2D eigenvalue weighted by Crippen LogP contribution is 2.28. The van der Waals surface area contributed by atoms with Gasteiger partial charge in [0.15, 0.2) is 0 Å². The number of carboxylic acids is 1. The molecule has 2 aromatic rings. The number of methoxy groups -OCH3 is 1. The zero-order valence-corrected chi connectivity index (χ0v) is 15.0. The standard InChI is InChI=1S/C19H23N3O4/c1-12-9-14(3-4-17(12)26-2)19(25)22-7-5-13(6-8-22)16-10-15(20-21-16)11-18(23)24/h3-4,9-10,13H,5-8,11H2,1-2H3,(H,20,21)(H,23,24). The quantitative estimate of drug-likeness (QED) is 0.856. The second-order valence-electron chi connectivity index (χ2n) is 6.64. The van der Waals surface area contributed by atoms with E-state index in [1.165, 1.54) is 0 Å². The van der Waals surface area contributed by atoms with Crippen LogP contribution in [0.2, 0.25) is 0 Å². The molecule has 0 unspecified atom stereocenters. The van der Waals surface area contributed by atoms with Crippen LogP contribution in [0.25, 0.3) is 0 Å². The van der Waals surface area contributed by atoms with Crippen LogP contribution in [0, 0.1) is 6.92 Å². The molecule has 7 heteroatoms. The van der Waals surface area contributed by atoms with E-state index in [0.29, 0.717) is 24.3 Å². The highest BCUT2D eigenvalue weighted by molar-refractivity contribution is 5.94. The van der Waals surface area contributed by atoms with Crippen molar-refractivity contribution in [3.05, 3.63) is 46.8 Å². The summed E-state index contributed by atoms with van der Waals surface area (Å²) in [4.78, 5) is 25.4. The minimum Gasteiger partial charge on any atom is -0.496 e. The molecular formula is C19H23N3O4. The Labute approximate surface area is 152 Å². The van der Waals surface area contributed by atoms with Crippen molar-refractivity contribution in [2.24, 2.45) is 0 Å². The number of rotatable bonds is 5. The van der Waals surface area contributed by atoms with E-state index >= 15 is 0 Å². The number of ether oxygens (including phenoxy) is 1. The summed E-state index contributed by atoms with van der Waals surface area (Å²) in [6.07, 6.45) is 1.58. The average molecular weight is 357 g/mol. The van der Waals surface area contributed by atoms with E-state index in [1.54, 1.807) is 13.2 Å². The Morgan fingerprint density at radius 2 is 2.04 bits per heavy atom. The number of amides is 1. The van der Waals surface area contributed by atoms with Gasteiger partial charge in [0, 0.05) is 30.3 Å². The van der Waals surface area contributed by atoms with Gasteiger partial charge in [0.1, 0.15) is 5.75 Å². The maximum Gasteiger partial charge on any atom is 0.309 e. The Morgan fingerprint density at radius 1 is 1.31 bits per heavy atom. The minimum atomic E-state index is -0.879. The number of aryl methyl sites for hydroxylation is 1. The maximum atomic E-state index is 12.7. The van der Waals surface area contributed by atoms with Crippen molar-refractivity contribution in [1.29, 1.82) is 0 Å². The lowest BCUT2D eigenvalue weighted by Gasteiger charge is -2.31. The number of H-pyrrole nitrogens is 1. The van der Waals surface area contributed by atoms with E-state index in [0.717, 1.165) is 29.8 Å². The van der Waals surface area contributed by atoms with Crippen LogP contribution < -0.4 is 4.74 Å². The van der Waals surface area contributed by atoms with Gasteiger partial charge in [-0.05, 0) is 49.6 Å². The summed E-state index contributed by atoms with van der Waals surface area (Å²) in [6.45, 7) is 3.25. The van der Waals surface area contributed by atoms with Gasteiger partial charge in [-0.15, -0.1) is 0 Å². The molecule has 0 bridgehead atoms. The third-order valence-corrected chi connectivity index (χ3v) is 4.83. The zero-order chi connectivity index (χ0) is 18.7. The van der Waals surface area contributed by atoms with Crippen LogP contribution >= 0.6 is 0 Å². The van der Waals surface area contributed by atoms with Gasteiger partial charge in [-0.2, -0.15) is 5.10 Å². The Morgan fingerprint density at radius 3 is 2.65 bits per heavy atom. The van der Waals surface area contributed by atoms with E-state index < -0.39 is 5.97 Å². The summed E-state index contributed by atoms with van der Waals surface area (Å²) in [6, 6.07) is 7.30. The van der Waals surface area contributed by atoms with Crippen LogP contribution in [-0.4, -0.2) is 52.3 Å². The SMILES string of the molecule is COc1ccc(C(=O)N2CCC(c3cc(CC(=O)O)[nH]n3)CC2)cc1C. The molecule has 26 heavy (non-hydrogen) atoms. The molecule has 0 saturated carbocycles. The number of likely N-dealkylation sites (tertiary alicyclic amines) is 1. The maximum absolute atomic E-state index is 12.7. The Bertz CT molecular complexity index is 807. The van der Waals surface area contributed by atoms with Crippen molar-refractivity contribution in [2.75, 3.05) is 20.2 Å². The number of carboxylic acid groups (broad SMARTS) is 1. The summed E-state index contributed by atoms with van der Waals surface area (Å²) in [5.74, 6) is 0.171. The number of hydrogen-bond donors (Lipinski definition) is 2. The third kappa shape index (κ3) is 3.87. The minimum absolute atomic E-state index is 0.0304. The lowest BCUT2D eigenvalue weighted by molar-refractivity contribution is -0.136. The summed E-state index contributed by atoms with van der Waals surface area (Å²) >= 11 is 0. The number of nitrogens with one attached hydrogen (secondary N) is 1. The van der Waals surface area contributed by atoms with E-state index in [4.69, 9.17) is 9.84 Å². The van der Waals surface area contributed by atoms with Crippen LogP contribution in [-0.2, 0) is 11.2 Å². The van der Waals surface area contributed by atoms with Crippen LogP contribution in [0.3, 0.4) is 0 Å². The Kier molecular flexibility index (Phi) is 5.25. The molecule has 1 aromatic carbocycles. The monoisotopic (exact) mass is 357 g/mol. The lowest BCUT2D eigenvalue weighted by Crippen LogP contribution is -2.38. The van der Waals surface area contributed by atoms with Crippen LogP contribution in [0.4, 0.5) is 0 Å². The topological polar surface area (TPSA) is 95.5 Å². The summed E-state index contributed by atoms with van der Waals surface area (Å²) in [5, 5.41) is 15.9. The molecular weight excluding hydrogens is 334 g/mol. The van der Waals surface area contributed by atoms with Crippen molar-refractivity contribution in [1.82, 2.24) is 15.1 Å². The largest absolute Gasteiger partial charge is 0.496 e. The number of nitrogens with zero attached hydrogens (tertiary/aromatic N) is 2. The molecule has 7 nitrogen and oxygen atoms in total. The fraction of sp³-hybridized carbons (Fsp3) is 0.421. The van der Waals surface area contributed by atoms with Crippen molar-refractivity contribution >= 4 is 11.9 Å². The number of carbonyl (C=O) groups excluding carboxylic acids is 1. The predicted molar refractivity (Wildman–Crippen MR) is 95.5 cm³/mol. The molecule has 2 N–H and O–H groups in total. The van der Waals surface area contributed by atoms with Crippen LogP contribution in [0.1, 0.15) is 46.1 Å². The molecule has 138 valence electrons. The number of benzene rings is 1. The van der Waals surface area contributed by atoms with Crippen LogP contribution in [0.15, 0.2) is 24.3 Å². The zero-order valence-electron chi connectivity index (χ0n) is 15.0. The van der Waals surface area contributed by atoms with E-state index in [2.05, 4.69) is 10.2 Å². The first kappa shape index (κ1) is 18.0. The summed E-state index contributed by atoms with van der Waals surface area (Å²) in [7, 11) is 1.62. The number of aromatic nitrogens is 2. The van der Waals surface area contributed by atoms with Crippen molar-refractivity contribution < 1.29 is 19.4 Å². The molecule has 0 atom stereocenters. The number of carbonyl (C=O) groups is 2. The molecule has 0 aliphatic carbocycles. The molecule has 3 rings (SSSR count). The Hall–Kier alpha value is -2.83. The Balaban J connectivity index is 1.61. The molecule has 2 heterocycles. The third-order valence-electron chi connectivity index (χ3n) is 4.83. The summed E-state index contributed by atoms with van der Waals surface area (Å²) in [5.41, 5.74) is 3.11. The molecule has 1 aliphatic rings. The number of aromatic amines is 1. The predicted octanol–water partition coefficient (Wildman–Crippen LogP) is 2.37. The van der Waals surface area contributed by atoms with Gasteiger partial charge in [0.25, 0.3) is 5.91 Å². The van der Waals surface area contributed by atoms with Gasteiger partial charge < -0.3 is 14.7 Å². The average Bonchev–Trinajstić information content (AvgIpc) is 3.09. The van der Waals surface area contributed by atoms with Crippen LogP contribution in [0.5, 0.6) is 5.75 Å². The number of piperidine rings is 1. The second-order valence-corrected chi connectivity index (χ2v) is 6.64. The molecule has 0 radical (unpaired) electrons. The van der Waals surface area contributed by atoms with Crippen molar-refractivity contribution in [3.8, 4) is 5.75 Å². The second kappa shape index (κ2) is 7.59. The first-order chi connectivity index (χ1) is 12.5. The number of hydrogen-bond acceptors (Lipinski definition) is 4. The van der Waals surface area contributed by atoms with Gasteiger partial charge in [-0.25, -0.2) is 0 Å². The van der Waals surface area contributed by atoms with Gasteiger partial charge in [0.2, 0.25) is 0 Å². The normalized spacial score (nSPS) is 15.1. The smallest absolute Gasteiger partial charge is 0.309 e. The highest BCUT2D eigenvalue weighted by Gasteiger charge is 2.26. The fourth-order valence-corrected chi connectivity index (χ4v) is 3.41. The molecule has 1 fully saturated rings. The first-order valence-electron chi connectivity index (χ1n) is 8.68. The fourth-order valence-electron chi connectivity index (χ4n) is 3.41. The molecule has 1 aromatic heterocycles. The van der Waals surface area contributed by atoms with E-state index in [1.807, 2.05) is 30.0 Å². The van der Waals surface area contributed by atoms with E-state index in [9.17, 15) is 9.59 Å². The van der Waals surface area contributed by atoms with Gasteiger partial charge in [-0.3, -0.25) is 14.7 Å². The first-order valence-corrected chi connectivity index (χ1v) is 8.68. The molecule has 1 aliphatic heterocycles. The van der Waals surface area contributed by atoms with Crippen molar-refractivity contribution in [2.45, 2.75) is 32.1 Å². The van der Waals surface area contributed by atoms with Gasteiger partial charge in [0.05, 0.1) is 19.2 Å². The van der Waals surface area contributed by atoms with Gasteiger partial charge >= 0.3 is 5.97 Å². The van der Waals surface area contributed by atoms with Crippen molar-refractivity contribution in [3.63, 3.8) is 0 Å². The summed E-state index contributed by atoms with van der Waals surface area (Å²) < 4.78 is 5.24.